The van der Waals surface area contributed by atoms with Crippen molar-refractivity contribution in [1.82, 2.24) is 9.80 Å². The molecule has 256 valence electrons. The van der Waals surface area contributed by atoms with E-state index in [1.807, 2.05) is 66.8 Å². The average molecular weight is 635 g/mol. The number of aliphatic hydroxyl groups is 3. The van der Waals surface area contributed by atoms with Crippen molar-refractivity contribution < 1.29 is 39.1 Å². The minimum Gasteiger partial charge on any atom is -0.457 e. The van der Waals surface area contributed by atoms with Gasteiger partial charge in [-0.15, -0.1) is 0 Å². The van der Waals surface area contributed by atoms with Gasteiger partial charge in [0, 0.05) is 49.9 Å². The molecule has 9 unspecified atom stereocenters. The number of likely N-dealkylation sites (N-methyl/N-ethyl adjacent to an activating group) is 1. The number of epoxide rings is 1. The summed E-state index contributed by atoms with van der Waals surface area (Å²) in [7, 11) is 2.03. The Morgan fingerprint density at radius 1 is 1.24 bits per heavy atom. The van der Waals surface area contributed by atoms with Crippen LogP contribution in [-0.4, -0.2) is 113 Å². The van der Waals surface area contributed by atoms with Crippen LogP contribution in [0, 0.1) is 17.3 Å². The molecule has 0 saturated carbocycles. The lowest BCUT2D eigenvalue weighted by Crippen LogP contribution is -2.49. The van der Waals surface area contributed by atoms with E-state index in [4.69, 9.17) is 14.2 Å². The second kappa shape index (κ2) is 16.0. The number of ether oxygens (including phenoxy) is 3. The normalized spacial score (nSPS) is 33.7. The molecule has 10 nitrogen and oxygen atoms in total. The third-order valence-corrected chi connectivity index (χ3v) is 9.65. The zero-order valence-electron chi connectivity index (χ0n) is 28.6. The zero-order valence-corrected chi connectivity index (χ0v) is 28.6. The lowest BCUT2D eigenvalue weighted by molar-refractivity contribution is -0.151. The van der Waals surface area contributed by atoms with Crippen molar-refractivity contribution in [3.8, 4) is 0 Å². The van der Waals surface area contributed by atoms with Crippen LogP contribution in [0.15, 0.2) is 36.0 Å². The molecule has 3 N–H and O–H groups in total. The molecule has 3 aliphatic heterocycles. The van der Waals surface area contributed by atoms with Crippen molar-refractivity contribution in [2.45, 2.75) is 123 Å². The fourth-order valence-corrected chi connectivity index (χ4v) is 6.14. The first kappa shape index (κ1) is 37.2. The van der Waals surface area contributed by atoms with Crippen molar-refractivity contribution in [2.24, 2.45) is 17.3 Å². The molecule has 2 fully saturated rings. The van der Waals surface area contributed by atoms with Crippen molar-refractivity contribution in [1.29, 1.82) is 0 Å². The number of allylic oxidation sites excluding steroid dienone is 2. The van der Waals surface area contributed by atoms with Gasteiger partial charge in [0.05, 0.1) is 36.4 Å². The maximum Gasteiger partial charge on any atom is 0.410 e. The van der Waals surface area contributed by atoms with Crippen LogP contribution in [0.4, 0.5) is 4.79 Å². The Bertz CT molecular complexity index is 1080. The van der Waals surface area contributed by atoms with Gasteiger partial charge in [0.25, 0.3) is 0 Å². The number of hydrogen-bond donors (Lipinski definition) is 3. The summed E-state index contributed by atoms with van der Waals surface area (Å²) in [5.41, 5.74) is -0.837. The fraction of sp³-hybridized carbons (Fsp3) is 0.771. The zero-order chi connectivity index (χ0) is 33.5. The number of esters is 1. The Morgan fingerprint density at radius 2 is 1.91 bits per heavy atom. The second-order valence-corrected chi connectivity index (χ2v) is 14.4. The van der Waals surface area contributed by atoms with Crippen LogP contribution in [0.3, 0.4) is 0 Å². The van der Waals surface area contributed by atoms with Crippen molar-refractivity contribution >= 4 is 12.1 Å². The number of nitrogens with zero attached hydrogens (tertiary/aromatic N) is 2. The SMILES string of the molecule is CCC(O)C(C)C1OC1CC(C)(O)/C=C/C=C(\C)C1OC(=O)CC(O)CCC(C)(C)C(OC(=O)N2CCN(C)CC2)/C=C/C1C. The summed E-state index contributed by atoms with van der Waals surface area (Å²) in [6, 6.07) is 0. The number of carbonyl (C=O) groups excluding carboxylic acids is 2. The van der Waals surface area contributed by atoms with Crippen LogP contribution >= 0.6 is 0 Å². The highest BCUT2D eigenvalue weighted by atomic mass is 16.6. The number of carbonyl (C=O) groups is 2. The maximum absolute atomic E-state index is 13.1. The monoisotopic (exact) mass is 634 g/mol. The average Bonchev–Trinajstić information content (AvgIpc) is 3.73. The lowest BCUT2D eigenvalue weighted by Gasteiger charge is -2.37. The smallest absolute Gasteiger partial charge is 0.410 e. The predicted octanol–water partition coefficient (Wildman–Crippen LogP) is 4.23. The van der Waals surface area contributed by atoms with E-state index in [-0.39, 0.29) is 36.6 Å². The van der Waals surface area contributed by atoms with Crippen LogP contribution in [-0.2, 0) is 19.0 Å². The Kier molecular flexibility index (Phi) is 13.3. The molecular weight excluding hydrogens is 576 g/mol. The van der Waals surface area contributed by atoms with Gasteiger partial charge in [0.1, 0.15) is 12.2 Å². The van der Waals surface area contributed by atoms with Crippen molar-refractivity contribution in [3.63, 3.8) is 0 Å². The minimum atomic E-state index is -1.13. The summed E-state index contributed by atoms with van der Waals surface area (Å²) in [6.07, 6.45) is 7.98. The van der Waals surface area contributed by atoms with Gasteiger partial charge < -0.3 is 39.3 Å². The molecule has 45 heavy (non-hydrogen) atoms. The molecule has 2 saturated heterocycles. The topological polar surface area (TPSA) is 132 Å². The summed E-state index contributed by atoms with van der Waals surface area (Å²) in [5, 5.41) is 31.8. The van der Waals surface area contributed by atoms with Crippen LogP contribution in [0.5, 0.6) is 0 Å². The van der Waals surface area contributed by atoms with Crippen molar-refractivity contribution in [2.75, 3.05) is 33.2 Å². The van der Waals surface area contributed by atoms with E-state index in [0.717, 1.165) is 18.7 Å². The van der Waals surface area contributed by atoms with Gasteiger partial charge >= 0.3 is 12.1 Å². The highest BCUT2D eigenvalue weighted by molar-refractivity contribution is 5.70. The van der Waals surface area contributed by atoms with Crippen LogP contribution in [0.25, 0.3) is 0 Å². The first-order chi connectivity index (χ1) is 21.0. The number of hydrogen-bond acceptors (Lipinski definition) is 9. The van der Waals surface area contributed by atoms with Gasteiger partial charge in [0.15, 0.2) is 0 Å². The van der Waals surface area contributed by atoms with Crippen molar-refractivity contribution in [3.05, 3.63) is 36.0 Å². The molecule has 3 aliphatic rings. The molecular formula is C35H58N2O8. The molecule has 3 rings (SSSR count). The fourth-order valence-electron chi connectivity index (χ4n) is 6.14. The van der Waals surface area contributed by atoms with E-state index in [0.29, 0.717) is 38.8 Å². The van der Waals surface area contributed by atoms with Gasteiger partial charge in [-0.2, -0.15) is 0 Å². The molecule has 0 bridgehead atoms. The number of aliphatic hydroxyl groups excluding tert-OH is 2. The highest BCUT2D eigenvalue weighted by Gasteiger charge is 2.47. The number of rotatable bonds is 9. The summed E-state index contributed by atoms with van der Waals surface area (Å²) >= 11 is 0. The quantitative estimate of drug-likeness (QED) is 0.148. The molecule has 0 radical (unpaired) electrons. The first-order valence-electron chi connectivity index (χ1n) is 16.6. The van der Waals surface area contributed by atoms with Crippen LogP contribution in [0.1, 0.15) is 80.6 Å². The summed E-state index contributed by atoms with van der Waals surface area (Å²) in [4.78, 5) is 29.9. The Morgan fingerprint density at radius 3 is 2.56 bits per heavy atom. The van der Waals surface area contributed by atoms with E-state index >= 15 is 0 Å². The molecule has 0 spiro atoms. The Balaban J connectivity index is 1.74. The molecule has 9 atom stereocenters. The van der Waals surface area contributed by atoms with E-state index in [9.17, 15) is 24.9 Å². The van der Waals surface area contributed by atoms with Gasteiger partial charge in [-0.05, 0) is 51.8 Å². The van der Waals surface area contributed by atoms with Gasteiger partial charge in [-0.3, -0.25) is 4.79 Å². The van der Waals surface area contributed by atoms with Gasteiger partial charge in [-0.25, -0.2) is 4.79 Å². The molecule has 0 aromatic carbocycles. The van der Waals surface area contributed by atoms with E-state index in [2.05, 4.69) is 4.90 Å². The first-order valence-corrected chi connectivity index (χ1v) is 16.6. The lowest BCUT2D eigenvalue weighted by atomic mass is 9.80. The molecule has 10 heteroatoms. The van der Waals surface area contributed by atoms with E-state index in [1.54, 1.807) is 24.0 Å². The third-order valence-electron chi connectivity index (χ3n) is 9.65. The summed E-state index contributed by atoms with van der Waals surface area (Å²) < 4.78 is 17.7. The standard InChI is InChI=1S/C35H58N2O8/c1-9-27(39)25(4)32-28(43-32)22-35(7,42)15-10-11-23(2)31-24(3)12-13-29(44-33(41)37-19-17-36(8)18-20-37)34(5,6)16-14-26(38)21-30(40)45-31/h10-13,15,24-29,31-32,38-39,42H,9,14,16-22H2,1-8H3/b13-12+,15-10+,23-11+. The second-order valence-electron chi connectivity index (χ2n) is 14.4. The summed E-state index contributed by atoms with van der Waals surface area (Å²) in [5.74, 6) is -0.733. The van der Waals surface area contributed by atoms with E-state index in [1.165, 1.54) is 0 Å². The Hall–Kier alpha value is -2.24. The minimum absolute atomic E-state index is 0.00578. The van der Waals surface area contributed by atoms with Gasteiger partial charge in [-0.1, -0.05) is 58.9 Å². The molecule has 0 aromatic rings. The van der Waals surface area contributed by atoms with Gasteiger partial charge in [0.2, 0.25) is 0 Å². The maximum atomic E-state index is 13.1. The number of amides is 1. The molecule has 0 aliphatic carbocycles. The molecule has 3 heterocycles. The highest BCUT2D eigenvalue weighted by Crippen LogP contribution is 2.38. The summed E-state index contributed by atoms with van der Waals surface area (Å²) in [6.45, 7) is 16.3. The predicted molar refractivity (Wildman–Crippen MR) is 173 cm³/mol. The number of cyclic esters (lactones) is 1. The number of piperazine rings is 1. The third kappa shape index (κ3) is 11.2. The van der Waals surface area contributed by atoms with E-state index < -0.39 is 41.4 Å². The largest absolute Gasteiger partial charge is 0.457 e. The van der Waals surface area contributed by atoms with Crippen LogP contribution in [0.2, 0.25) is 0 Å². The van der Waals surface area contributed by atoms with Crippen LogP contribution < -0.4 is 0 Å². The molecule has 1 amide bonds. The molecule has 0 aromatic heterocycles. The Labute approximate surface area is 270 Å².